The van der Waals surface area contributed by atoms with E-state index in [4.69, 9.17) is 4.74 Å². The summed E-state index contributed by atoms with van der Waals surface area (Å²) in [5, 5.41) is 2.93. The summed E-state index contributed by atoms with van der Waals surface area (Å²) in [5.41, 5.74) is 2.70. The molecular weight excluding hydrogens is 414 g/mol. The van der Waals surface area contributed by atoms with Crippen molar-refractivity contribution >= 4 is 15.9 Å². The highest BCUT2D eigenvalue weighted by molar-refractivity contribution is 7.89. The minimum atomic E-state index is -3.46. The summed E-state index contributed by atoms with van der Waals surface area (Å²) in [6.45, 7) is 5.84. The summed E-state index contributed by atoms with van der Waals surface area (Å²) >= 11 is 0. The standard InChI is InChI=1S/C23H29N3O4S/c27-23(21-6-8-22(9-7-21)31(28,29)26-10-1-2-11-26)24-17-19-4-3-5-20(16-19)18-25-12-14-30-15-13-25/h3-9,16H,1-2,10-15,17-18H2,(H,24,27). The molecule has 1 amide bonds. The van der Waals surface area contributed by atoms with Gasteiger partial charge in [-0.25, -0.2) is 8.42 Å². The molecule has 0 spiro atoms. The highest BCUT2D eigenvalue weighted by Gasteiger charge is 2.27. The van der Waals surface area contributed by atoms with Gasteiger partial charge in [0, 0.05) is 44.8 Å². The quantitative estimate of drug-likeness (QED) is 0.710. The van der Waals surface area contributed by atoms with Gasteiger partial charge in [0.15, 0.2) is 0 Å². The summed E-state index contributed by atoms with van der Waals surface area (Å²) in [6, 6.07) is 14.4. The molecule has 2 aliphatic rings. The van der Waals surface area contributed by atoms with Gasteiger partial charge in [0.25, 0.3) is 5.91 Å². The van der Waals surface area contributed by atoms with Crippen molar-refractivity contribution < 1.29 is 17.9 Å². The Kier molecular flexibility index (Phi) is 7.02. The number of hydrogen-bond donors (Lipinski definition) is 1. The van der Waals surface area contributed by atoms with Crippen LogP contribution in [0.1, 0.15) is 34.3 Å². The molecule has 0 atom stereocenters. The highest BCUT2D eigenvalue weighted by Crippen LogP contribution is 2.21. The van der Waals surface area contributed by atoms with Crippen molar-refractivity contribution in [2.45, 2.75) is 30.8 Å². The van der Waals surface area contributed by atoms with Crippen LogP contribution < -0.4 is 5.32 Å². The SMILES string of the molecule is O=C(NCc1cccc(CN2CCOCC2)c1)c1ccc(S(=O)(=O)N2CCCC2)cc1. The molecule has 0 aromatic heterocycles. The van der Waals surface area contributed by atoms with E-state index in [-0.39, 0.29) is 10.8 Å². The Hall–Kier alpha value is -2.26. The van der Waals surface area contributed by atoms with Crippen molar-refractivity contribution in [1.82, 2.24) is 14.5 Å². The van der Waals surface area contributed by atoms with E-state index >= 15 is 0 Å². The van der Waals surface area contributed by atoms with Gasteiger partial charge in [-0.2, -0.15) is 4.31 Å². The minimum Gasteiger partial charge on any atom is -0.379 e. The van der Waals surface area contributed by atoms with Gasteiger partial charge in [-0.05, 0) is 48.2 Å². The number of hydrogen-bond acceptors (Lipinski definition) is 5. The number of sulfonamides is 1. The number of carbonyl (C=O) groups excluding carboxylic acids is 1. The fraction of sp³-hybridized carbons (Fsp3) is 0.435. The molecule has 2 aromatic rings. The zero-order chi connectivity index (χ0) is 21.7. The van der Waals surface area contributed by atoms with Gasteiger partial charge in [0.05, 0.1) is 18.1 Å². The Morgan fingerprint density at radius 2 is 1.61 bits per heavy atom. The Balaban J connectivity index is 1.34. The molecule has 2 fully saturated rings. The van der Waals surface area contributed by atoms with Crippen LogP contribution in [0.15, 0.2) is 53.4 Å². The fourth-order valence-electron chi connectivity index (χ4n) is 4.00. The summed E-state index contributed by atoms with van der Waals surface area (Å²) < 4.78 is 32.1. The molecule has 0 aliphatic carbocycles. The molecular formula is C23H29N3O4S. The molecule has 4 rings (SSSR count). The summed E-state index contributed by atoms with van der Waals surface area (Å²) in [4.78, 5) is 15.1. The monoisotopic (exact) mass is 443 g/mol. The van der Waals surface area contributed by atoms with E-state index in [1.807, 2.05) is 12.1 Å². The van der Waals surface area contributed by atoms with E-state index < -0.39 is 10.0 Å². The lowest BCUT2D eigenvalue weighted by Crippen LogP contribution is -2.35. The zero-order valence-corrected chi connectivity index (χ0v) is 18.4. The van der Waals surface area contributed by atoms with Crippen LogP contribution in [-0.2, 0) is 27.8 Å². The maximum atomic E-state index is 12.6. The number of ether oxygens (including phenoxy) is 1. The molecule has 0 radical (unpaired) electrons. The van der Waals surface area contributed by atoms with Gasteiger partial charge >= 0.3 is 0 Å². The number of benzene rings is 2. The van der Waals surface area contributed by atoms with Gasteiger partial charge in [-0.1, -0.05) is 24.3 Å². The van der Waals surface area contributed by atoms with E-state index in [1.165, 1.54) is 22.0 Å². The Morgan fingerprint density at radius 3 is 2.32 bits per heavy atom. The van der Waals surface area contributed by atoms with Crippen LogP contribution in [0.3, 0.4) is 0 Å². The maximum Gasteiger partial charge on any atom is 0.251 e. The highest BCUT2D eigenvalue weighted by atomic mass is 32.2. The van der Waals surface area contributed by atoms with Crippen LogP contribution in [0, 0.1) is 0 Å². The van der Waals surface area contributed by atoms with Crippen molar-refractivity contribution in [2.24, 2.45) is 0 Å². The normalized spacial score (nSPS) is 18.2. The van der Waals surface area contributed by atoms with Crippen LogP contribution in [0.25, 0.3) is 0 Å². The number of amides is 1. The topological polar surface area (TPSA) is 79.0 Å². The summed E-state index contributed by atoms with van der Waals surface area (Å²) in [5.74, 6) is -0.219. The lowest BCUT2D eigenvalue weighted by atomic mass is 10.1. The molecule has 7 nitrogen and oxygen atoms in total. The molecule has 0 bridgehead atoms. The van der Waals surface area contributed by atoms with Crippen LogP contribution in [0.5, 0.6) is 0 Å². The number of rotatable bonds is 7. The van der Waals surface area contributed by atoms with E-state index in [0.717, 1.165) is 51.3 Å². The summed E-state index contributed by atoms with van der Waals surface area (Å²) in [7, 11) is -3.46. The van der Waals surface area contributed by atoms with E-state index in [1.54, 1.807) is 12.1 Å². The second-order valence-corrected chi connectivity index (χ2v) is 9.96. The molecule has 8 heteroatoms. The van der Waals surface area contributed by atoms with Crippen LogP contribution in [0.2, 0.25) is 0 Å². The third-order valence-corrected chi connectivity index (χ3v) is 7.69. The zero-order valence-electron chi connectivity index (χ0n) is 17.6. The number of morpholine rings is 1. The van der Waals surface area contributed by atoms with Crippen molar-refractivity contribution in [3.8, 4) is 0 Å². The van der Waals surface area contributed by atoms with Crippen molar-refractivity contribution in [3.05, 3.63) is 65.2 Å². The van der Waals surface area contributed by atoms with Gasteiger partial charge in [-0.15, -0.1) is 0 Å². The molecule has 0 unspecified atom stereocenters. The lowest BCUT2D eigenvalue weighted by molar-refractivity contribution is 0.0342. The van der Waals surface area contributed by atoms with Gasteiger partial charge < -0.3 is 10.1 Å². The number of carbonyl (C=O) groups is 1. The first-order valence-corrected chi connectivity index (χ1v) is 12.2. The molecule has 2 aliphatic heterocycles. The molecule has 2 heterocycles. The molecule has 1 N–H and O–H groups in total. The third-order valence-electron chi connectivity index (χ3n) is 5.77. The van der Waals surface area contributed by atoms with Crippen LogP contribution in [-0.4, -0.2) is 62.9 Å². The predicted octanol–water partition coefficient (Wildman–Crippen LogP) is 2.23. The Morgan fingerprint density at radius 1 is 0.935 bits per heavy atom. The van der Waals surface area contributed by atoms with Crippen molar-refractivity contribution in [3.63, 3.8) is 0 Å². The predicted molar refractivity (Wildman–Crippen MR) is 118 cm³/mol. The van der Waals surface area contributed by atoms with Gasteiger partial charge in [0.1, 0.15) is 0 Å². The first-order valence-electron chi connectivity index (χ1n) is 10.8. The lowest BCUT2D eigenvalue weighted by Gasteiger charge is -2.26. The number of nitrogens with zero attached hydrogens (tertiary/aromatic N) is 2. The molecule has 0 saturated carbocycles. The minimum absolute atomic E-state index is 0.219. The second-order valence-electron chi connectivity index (χ2n) is 8.03. The summed E-state index contributed by atoms with van der Waals surface area (Å²) in [6.07, 6.45) is 1.79. The third kappa shape index (κ3) is 5.51. The Labute approximate surface area is 184 Å². The average molecular weight is 444 g/mol. The number of nitrogens with one attached hydrogen (secondary N) is 1. The van der Waals surface area contributed by atoms with Crippen molar-refractivity contribution in [1.29, 1.82) is 0 Å². The largest absolute Gasteiger partial charge is 0.379 e. The molecule has 31 heavy (non-hydrogen) atoms. The first-order chi connectivity index (χ1) is 15.0. The van der Waals surface area contributed by atoms with E-state index in [9.17, 15) is 13.2 Å². The average Bonchev–Trinajstić information content (AvgIpc) is 3.35. The Bertz CT molecular complexity index is 996. The first kappa shape index (κ1) is 22.0. The van der Waals surface area contributed by atoms with Gasteiger partial charge in [0.2, 0.25) is 10.0 Å². The molecule has 2 aromatic carbocycles. The van der Waals surface area contributed by atoms with E-state index in [0.29, 0.717) is 25.2 Å². The van der Waals surface area contributed by atoms with Crippen LogP contribution in [0.4, 0.5) is 0 Å². The maximum absolute atomic E-state index is 12.6. The molecule has 2 saturated heterocycles. The van der Waals surface area contributed by atoms with Gasteiger partial charge in [-0.3, -0.25) is 9.69 Å². The van der Waals surface area contributed by atoms with E-state index in [2.05, 4.69) is 22.3 Å². The fourth-order valence-corrected chi connectivity index (χ4v) is 5.51. The smallest absolute Gasteiger partial charge is 0.251 e. The second kappa shape index (κ2) is 9.91. The molecule has 166 valence electrons. The van der Waals surface area contributed by atoms with Crippen LogP contribution >= 0.6 is 0 Å². The van der Waals surface area contributed by atoms with Crippen molar-refractivity contribution in [2.75, 3.05) is 39.4 Å².